The Hall–Kier alpha value is -0.510. The lowest BCUT2D eigenvalue weighted by Crippen LogP contribution is -2.01. The molecule has 2 aromatic rings. The summed E-state index contributed by atoms with van der Waals surface area (Å²) in [5.41, 5.74) is 0. The van der Waals surface area contributed by atoms with Crippen molar-refractivity contribution in [2.45, 2.75) is 12.8 Å². The largest absolute Gasteiger partial charge is 0.149 e. The second-order valence-electron chi connectivity index (χ2n) is 3.05. The van der Waals surface area contributed by atoms with Crippen LogP contribution in [0.15, 0.2) is 35.0 Å². The molecule has 0 nitrogen and oxygen atoms in total. The van der Waals surface area contributed by atoms with E-state index in [1.165, 1.54) is 9.75 Å². The van der Waals surface area contributed by atoms with Gasteiger partial charge in [0.2, 0.25) is 0 Å². The van der Waals surface area contributed by atoms with E-state index in [0.29, 0.717) is 0 Å². The summed E-state index contributed by atoms with van der Waals surface area (Å²) in [6.07, 6.45) is 1.90. The van der Waals surface area contributed by atoms with Gasteiger partial charge >= 0.3 is 0 Å². The molecular weight excluding hydrogens is 228 g/mol. The van der Waals surface area contributed by atoms with Crippen molar-refractivity contribution in [3.8, 4) is 0 Å². The highest BCUT2D eigenvalue weighted by molar-refractivity contribution is 7.80. The summed E-state index contributed by atoms with van der Waals surface area (Å²) in [6, 6.07) is 8.44. The van der Waals surface area contributed by atoms with Gasteiger partial charge in [-0.15, -0.1) is 22.7 Å². The molecule has 0 N–H and O–H groups in total. The van der Waals surface area contributed by atoms with Gasteiger partial charge in [0.05, 0.1) is 0 Å². The van der Waals surface area contributed by atoms with Crippen LogP contribution in [-0.2, 0) is 12.8 Å². The van der Waals surface area contributed by atoms with E-state index in [1.54, 1.807) is 22.7 Å². The first kappa shape index (κ1) is 10.0. The highest BCUT2D eigenvalue weighted by Crippen LogP contribution is 2.14. The van der Waals surface area contributed by atoms with E-state index in [2.05, 4.69) is 35.0 Å². The molecule has 0 aliphatic carbocycles. The lowest BCUT2D eigenvalue weighted by Gasteiger charge is -1.99. The molecule has 0 bridgehead atoms. The third-order valence-electron chi connectivity index (χ3n) is 1.90. The monoisotopic (exact) mass is 238 g/mol. The fourth-order valence-electron chi connectivity index (χ4n) is 1.28. The Kier molecular flexibility index (Phi) is 3.45. The van der Waals surface area contributed by atoms with E-state index >= 15 is 0 Å². The highest BCUT2D eigenvalue weighted by atomic mass is 32.1. The molecule has 0 saturated carbocycles. The standard InChI is InChI=1S/C11H10S3/c12-9(7-10-3-1-5-13-10)8-11-4-2-6-14-11/h1-6H,7-8H2. The Morgan fingerprint density at radius 1 is 1.00 bits per heavy atom. The summed E-state index contributed by atoms with van der Waals surface area (Å²) in [7, 11) is 0. The fraction of sp³-hybridized carbons (Fsp3) is 0.182. The van der Waals surface area contributed by atoms with E-state index in [0.717, 1.165) is 17.7 Å². The molecule has 2 heterocycles. The molecule has 2 aromatic heterocycles. The Morgan fingerprint density at radius 3 is 1.86 bits per heavy atom. The summed E-state index contributed by atoms with van der Waals surface area (Å²) in [4.78, 5) is 3.87. The van der Waals surface area contributed by atoms with Gasteiger partial charge in [0, 0.05) is 27.5 Å². The van der Waals surface area contributed by atoms with Crippen LogP contribution in [-0.4, -0.2) is 4.86 Å². The van der Waals surface area contributed by atoms with Gasteiger partial charge in [0.1, 0.15) is 0 Å². The van der Waals surface area contributed by atoms with Gasteiger partial charge < -0.3 is 0 Å². The van der Waals surface area contributed by atoms with Crippen molar-refractivity contribution in [2.24, 2.45) is 0 Å². The number of thiophene rings is 2. The van der Waals surface area contributed by atoms with Gasteiger partial charge in [-0.3, -0.25) is 0 Å². The highest BCUT2D eigenvalue weighted by Gasteiger charge is 2.02. The van der Waals surface area contributed by atoms with Gasteiger partial charge in [-0.2, -0.15) is 0 Å². The Balaban J connectivity index is 1.91. The first-order valence-electron chi connectivity index (χ1n) is 4.41. The van der Waals surface area contributed by atoms with Gasteiger partial charge in [-0.05, 0) is 22.9 Å². The van der Waals surface area contributed by atoms with Crippen molar-refractivity contribution < 1.29 is 0 Å². The Labute approximate surface area is 97.2 Å². The lowest BCUT2D eigenvalue weighted by molar-refractivity contribution is 1.33. The van der Waals surface area contributed by atoms with Crippen LogP contribution < -0.4 is 0 Å². The first-order chi connectivity index (χ1) is 6.84. The van der Waals surface area contributed by atoms with Crippen molar-refractivity contribution in [2.75, 3.05) is 0 Å². The van der Waals surface area contributed by atoms with Crippen LogP contribution in [0.25, 0.3) is 0 Å². The minimum absolute atomic E-state index is 0.949. The summed E-state index contributed by atoms with van der Waals surface area (Å²) in [5, 5.41) is 4.20. The molecule has 14 heavy (non-hydrogen) atoms. The van der Waals surface area contributed by atoms with Crippen molar-refractivity contribution in [1.29, 1.82) is 0 Å². The molecular formula is C11H10S3. The maximum atomic E-state index is 5.36. The molecule has 0 aliphatic heterocycles. The molecule has 72 valence electrons. The summed E-state index contributed by atoms with van der Waals surface area (Å²) in [6.45, 7) is 0. The van der Waals surface area contributed by atoms with E-state index in [-0.39, 0.29) is 0 Å². The lowest BCUT2D eigenvalue weighted by atomic mass is 10.2. The third-order valence-corrected chi connectivity index (χ3v) is 3.94. The van der Waals surface area contributed by atoms with Crippen LogP contribution in [0.5, 0.6) is 0 Å². The maximum absolute atomic E-state index is 5.36. The van der Waals surface area contributed by atoms with Crippen LogP contribution in [0.4, 0.5) is 0 Å². The van der Waals surface area contributed by atoms with Gasteiger partial charge in [0.25, 0.3) is 0 Å². The van der Waals surface area contributed by atoms with Gasteiger partial charge in [0.15, 0.2) is 0 Å². The van der Waals surface area contributed by atoms with E-state index in [4.69, 9.17) is 12.2 Å². The molecule has 0 saturated heterocycles. The maximum Gasteiger partial charge on any atom is 0.0136 e. The fourth-order valence-corrected chi connectivity index (χ4v) is 3.26. The smallest absolute Gasteiger partial charge is 0.0136 e. The van der Waals surface area contributed by atoms with Crippen LogP contribution in [0.1, 0.15) is 9.75 Å². The zero-order valence-electron chi connectivity index (χ0n) is 7.60. The average molecular weight is 238 g/mol. The first-order valence-corrected chi connectivity index (χ1v) is 6.58. The van der Waals surface area contributed by atoms with E-state index < -0.39 is 0 Å². The predicted octanol–water partition coefficient (Wildman–Crippen LogP) is 3.96. The zero-order chi connectivity index (χ0) is 9.80. The van der Waals surface area contributed by atoms with Gasteiger partial charge in [-0.1, -0.05) is 24.4 Å². The Morgan fingerprint density at radius 2 is 1.50 bits per heavy atom. The number of thiocarbonyl (C=S) groups is 1. The van der Waals surface area contributed by atoms with Crippen LogP contribution in [0.2, 0.25) is 0 Å². The molecule has 2 rings (SSSR count). The molecule has 0 unspecified atom stereocenters. The second-order valence-corrected chi connectivity index (χ2v) is 5.69. The molecule has 0 amide bonds. The summed E-state index contributed by atoms with van der Waals surface area (Å²) < 4.78 is 0. The third kappa shape index (κ3) is 2.74. The normalized spacial score (nSPS) is 10.3. The molecule has 3 heteroatoms. The molecule has 0 radical (unpaired) electrons. The van der Waals surface area contributed by atoms with Crippen molar-refractivity contribution >= 4 is 39.8 Å². The SMILES string of the molecule is S=C(Cc1cccs1)Cc1cccs1. The zero-order valence-corrected chi connectivity index (χ0v) is 10.1. The predicted molar refractivity (Wildman–Crippen MR) is 68.6 cm³/mol. The molecule has 0 fully saturated rings. The number of hydrogen-bond acceptors (Lipinski definition) is 3. The topological polar surface area (TPSA) is 0 Å². The molecule has 0 spiro atoms. The van der Waals surface area contributed by atoms with Crippen LogP contribution >= 0.6 is 34.9 Å². The second kappa shape index (κ2) is 4.82. The Bertz CT molecular complexity index is 346. The molecule has 0 atom stereocenters. The summed E-state index contributed by atoms with van der Waals surface area (Å²) in [5.74, 6) is 0. The minimum atomic E-state index is 0.949. The van der Waals surface area contributed by atoms with Crippen molar-refractivity contribution in [3.05, 3.63) is 44.8 Å². The molecule has 0 aromatic carbocycles. The number of rotatable bonds is 4. The van der Waals surface area contributed by atoms with Crippen LogP contribution in [0, 0.1) is 0 Å². The molecule has 0 aliphatic rings. The average Bonchev–Trinajstić information content (AvgIpc) is 2.76. The summed E-state index contributed by atoms with van der Waals surface area (Å²) >= 11 is 8.92. The minimum Gasteiger partial charge on any atom is -0.149 e. The quantitative estimate of drug-likeness (QED) is 0.726. The van der Waals surface area contributed by atoms with Crippen molar-refractivity contribution in [1.82, 2.24) is 0 Å². The van der Waals surface area contributed by atoms with Gasteiger partial charge in [-0.25, -0.2) is 0 Å². The van der Waals surface area contributed by atoms with E-state index in [9.17, 15) is 0 Å². The van der Waals surface area contributed by atoms with Crippen molar-refractivity contribution in [3.63, 3.8) is 0 Å². The van der Waals surface area contributed by atoms with Crippen LogP contribution in [0.3, 0.4) is 0 Å². The van der Waals surface area contributed by atoms with E-state index in [1.807, 2.05) is 0 Å². The number of hydrogen-bond donors (Lipinski definition) is 0.